The van der Waals surface area contributed by atoms with Crippen LogP contribution in [0.15, 0.2) is 16.7 Å². The molecule has 0 aliphatic rings. The van der Waals surface area contributed by atoms with E-state index in [2.05, 4.69) is 0 Å². The van der Waals surface area contributed by atoms with Crippen LogP contribution in [0.2, 0.25) is 0 Å². The Morgan fingerprint density at radius 1 is 1.53 bits per heavy atom. The molecular formula is C9H12O6S2. The molecular weight excluding hydrogens is 268 g/mol. The molecule has 8 heteroatoms. The van der Waals surface area contributed by atoms with E-state index in [4.69, 9.17) is 9.52 Å². The summed E-state index contributed by atoms with van der Waals surface area (Å²) >= 11 is 0. The van der Waals surface area contributed by atoms with Crippen LogP contribution in [0.4, 0.5) is 0 Å². The minimum Gasteiger partial charge on any atom is -0.478 e. The first-order valence-electron chi connectivity index (χ1n) is 4.62. The van der Waals surface area contributed by atoms with Crippen molar-refractivity contribution in [1.29, 1.82) is 0 Å². The standard InChI is InChI=1S/C9H12O6S2/c1-17(13,14)5-4-16(12)6-8-7(9(10)11)2-3-15-8/h2-3H,4-6H2,1H3,(H,10,11). The lowest BCUT2D eigenvalue weighted by atomic mass is 10.3. The normalized spacial score (nSPS) is 13.5. The first-order chi connectivity index (χ1) is 7.79. The van der Waals surface area contributed by atoms with Crippen molar-refractivity contribution in [2.45, 2.75) is 5.75 Å². The number of sulfone groups is 1. The van der Waals surface area contributed by atoms with E-state index in [1.807, 2.05) is 0 Å². The molecule has 0 amide bonds. The van der Waals surface area contributed by atoms with Crippen molar-refractivity contribution < 1.29 is 26.9 Å². The number of hydrogen-bond donors (Lipinski definition) is 1. The molecule has 0 saturated carbocycles. The highest BCUT2D eigenvalue weighted by atomic mass is 32.2. The van der Waals surface area contributed by atoms with Gasteiger partial charge in [-0.25, -0.2) is 13.2 Å². The van der Waals surface area contributed by atoms with Crippen molar-refractivity contribution in [1.82, 2.24) is 0 Å². The predicted molar refractivity (Wildman–Crippen MR) is 62.1 cm³/mol. The molecule has 0 aliphatic carbocycles. The summed E-state index contributed by atoms with van der Waals surface area (Å²) in [6.07, 6.45) is 2.26. The molecule has 1 aromatic heterocycles. The zero-order chi connectivity index (χ0) is 13.1. The highest BCUT2D eigenvalue weighted by molar-refractivity contribution is 7.92. The van der Waals surface area contributed by atoms with Gasteiger partial charge >= 0.3 is 5.97 Å². The summed E-state index contributed by atoms with van der Waals surface area (Å²) in [5.41, 5.74) is -0.0438. The van der Waals surface area contributed by atoms with Crippen LogP contribution >= 0.6 is 0 Å². The molecule has 0 radical (unpaired) electrons. The second-order valence-electron chi connectivity index (χ2n) is 3.48. The molecule has 6 nitrogen and oxygen atoms in total. The van der Waals surface area contributed by atoms with Crippen molar-refractivity contribution in [3.05, 3.63) is 23.7 Å². The molecule has 0 saturated heterocycles. The fraction of sp³-hybridized carbons (Fsp3) is 0.444. The van der Waals surface area contributed by atoms with E-state index in [1.165, 1.54) is 12.3 Å². The molecule has 1 unspecified atom stereocenters. The van der Waals surface area contributed by atoms with Crippen LogP contribution in [0.5, 0.6) is 0 Å². The summed E-state index contributed by atoms with van der Waals surface area (Å²) in [6, 6.07) is 1.27. The lowest BCUT2D eigenvalue weighted by Gasteiger charge is -2.00. The first kappa shape index (κ1) is 13.9. The van der Waals surface area contributed by atoms with Crippen LogP contribution in [-0.4, -0.2) is 41.5 Å². The number of rotatable bonds is 6. The van der Waals surface area contributed by atoms with E-state index in [0.717, 1.165) is 6.26 Å². The third-order valence-electron chi connectivity index (χ3n) is 1.95. The molecule has 1 atom stereocenters. The molecule has 0 spiro atoms. The highest BCUT2D eigenvalue weighted by Gasteiger charge is 2.16. The van der Waals surface area contributed by atoms with E-state index in [0.29, 0.717) is 0 Å². The fourth-order valence-electron chi connectivity index (χ4n) is 1.11. The van der Waals surface area contributed by atoms with Crippen LogP contribution in [0.1, 0.15) is 16.1 Å². The molecule has 17 heavy (non-hydrogen) atoms. The van der Waals surface area contributed by atoms with Gasteiger partial charge in [0.15, 0.2) is 0 Å². The number of hydrogen-bond acceptors (Lipinski definition) is 5. The highest BCUT2D eigenvalue weighted by Crippen LogP contribution is 2.13. The molecule has 1 aromatic rings. The third kappa shape index (κ3) is 4.70. The van der Waals surface area contributed by atoms with Crippen LogP contribution in [-0.2, 0) is 26.4 Å². The monoisotopic (exact) mass is 280 g/mol. The number of aromatic carboxylic acids is 1. The second kappa shape index (κ2) is 5.46. The molecule has 0 bridgehead atoms. The first-order valence-corrected chi connectivity index (χ1v) is 8.17. The summed E-state index contributed by atoms with van der Waals surface area (Å²) in [7, 11) is -4.62. The van der Waals surface area contributed by atoms with Gasteiger partial charge in [0.2, 0.25) is 0 Å². The second-order valence-corrected chi connectivity index (χ2v) is 7.32. The van der Waals surface area contributed by atoms with E-state index in [-0.39, 0.29) is 28.6 Å². The lowest BCUT2D eigenvalue weighted by Crippen LogP contribution is -2.13. The van der Waals surface area contributed by atoms with Gasteiger partial charge in [0.25, 0.3) is 0 Å². The smallest absolute Gasteiger partial charge is 0.339 e. The zero-order valence-electron chi connectivity index (χ0n) is 9.08. The maximum absolute atomic E-state index is 11.5. The zero-order valence-corrected chi connectivity index (χ0v) is 10.7. The Bertz CT molecular complexity index is 527. The minimum atomic E-state index is -3.16. The van der Waals surface area contributed by atoms with E-state index >= 15 is 0 Å². The van der Waals surface area contributed by atoms with Crippen LogP contribution in [0, 0.1) is 0 Å². The SMILES string of the molecule is CS(=O)(=O)CCS(=O)Cc1occc1C(=O)O. The summed E-state index contributed by atoms with van der Waals surface area (Å²) in [5, 5.41) is 8.77. The van der Waals surface area contributed by atoms with Gasteiger partial charge in [-0.2, -0.15) is 0 Å². The van der Waals surface area contributed by atoms with Gasteiger partial charge in [-0.1, -0.05) is 0 Å². The minimum absolute atomic E-state index is 0.0292. The van der Waals surface area contributed by atoms with Gasteiger partial charge in [-0.3, -0.25) is 4.21 Å². The predicted octanol–water partition coefficient (Wildman–Crippen LogP) is 0.271. The Kier molecular flexibility index (Phi) is 4.47. The maximum Gasteiger partial charge on any atom is 0.339 e. The Morgan fingerprint density at radius 2 is 2.18 bits per heavy atom. The Labute approximate surface area is 101 Å². The van der Waals surface area contributed by atoms with Crippen molar-refractivity contribution in [2.24, 2.45) is 0 Å². The van der Waals surface area contributed by atoms with Gasteiger partial charge in [0, 0.05) is 22.8 Å². The van der Waals surface area contributed by atoms with Crippen LogP contribution in [0.25, 0.3) is 0 Å². The molecule has 1 N–H and O–H groups in total. The average Bonchev–Trinajstić information content (AvgIpc) is 2.62. The number of furan rings is 1. The van der Waals surface area contributed by atoms with Gasteiger partial charge in [0.1, 0.15) is 21.2 Å². The molecule has 1 rings (SSSR count). The fourth-order valence-corrected chi connectivity index (χ4v) is 3.72. The number of carbonyl (C=O) groups is 1. The van der Waals surface area contributed by atoms with E-state index in [9.17, 15) is 17.4 Å². The summed E-state index contributed by atoms with van der Waals surface area (Å²) in [6.45, 7) is 0. The maximum atomic E-state index is 11.5. The van der Waals surface area contributed by atoms with E-state index < -0.39 is 26.6 Å². The molecule has 96 valence electrons. The third-order valence-corrected chi connectivity index (χ3v) is 4.40. The topological polar surface area (TPSA) is 102 Å². The van der Waals surface area contributed by atoms with Crippen molar-refractivity contribution >= 4 is 26.6 Å². The Hall–Kier alpha value is -1.15. The van der Waals surface area contributed by atoms with Crippen molar-refractivity contribution in [3.8, 4) is 0 Å². The summed E-state index contributed by atoms with van der Waals surface area (Å²) < 4.78 is 38.2. The summed E-state index contributed by atoms with van der Waals surface area (Å²) in [5.74, 6) is -1.37. The largest absolute Gasteiger partial charge is 0.478 e. The Balaban J connectivity index is 2.63. The van der Waals surface area contributed by atoms with Gasteiger partial charge in [0.05, 0.1) is 17.8 Å². The quantitative estimate of drug-likeness (QED) is 0.802. The molecule has 0 aromatic carbocycles. The Morgan fingerprint density at radius 3 is 2.71 bits per heavy atom. The summed E-state index contributed by atoms with van der Waals surface area (Å²) in [4.78, 5) is 10.7. The van der Waals surface area contributed by atoms with Crippen molar-refractivity contribution in [2.75, 3.05) is 17.8 Å². The lowest BCUT2D eigenvalue weighted by molar-refractivity contribution is 0.0695. The number of carboxylic acid groups (broad SMARTS) is 1. The van der Waals surface area contributed by atoms with Crippen LogP contribution in [0.3, 0.4) is 0 Å². The number of carboxylic acids is 1. The van der Waals surface area contributed by atoms with Gasteiger partial charge < -0.3 is 9.52 Å². The van der Waals surface area contributed by atoms with E-state index in [1.54, 1.807) is 0 Å². The van der Waals surface area contributed by atoms with Gasteiger partial charge in [-0.15, -0.1) is 0 Å². The average molecular weight is 280 g/mol. The van der Waals surface area contributed by atoms with Crippen molar-refractivity contribution in [3.63, 3.8) is 0 Å². The van der Waals surface area contributed by atoms with Gasteiger partial charge in [-0.05, 0) is 6.07 Å². The molecule has 1 heterocycles. The van der Waals surface area contributed by atoms with Crippen LogP contribution < -0.4 is 0 Å². The molecule has 0 fully saturated rings. The molecule has 0 aliphatic heterocycles.